The monoisotopic (exact) mass is 430 g/mol. The van der Waals surface area contributed by atoms with Crippen molar-refractivity contribution in [3.05, 3.63) is 81.6 Å². The Hall–Kier alpha value is -2.76. The topological polar surface area (TPSA) is 53.4 Å². The predicted molar refractivity (Wildman–Crippen MR) is 115 cm³/mol. The Morgan fingerprint density at radius 1 is 1.21 bits per heavy atom. The highest BCUT2D eigenvalue weighted by Crippen LogP contribution is 2.32. The van der Waals surface area contributed by atoms with E-state index in [0.29, 0.717) is 27.1 Å². The number of carbonyl (C=O) groups excluding carboxylic acids is 1. The van der Waals surface area contributed by atoms with E-state index in [9.17, 15) is 4.79 Å². The van der Waals surface area contributed by atoms with Gasteiger partial charge in [-0.1, -0.05) is 41.4 Å². The van der Waals surface area contributed by atoms with Gasteiger partial charge in [-0.25, -0.2) is 0 Å². The molecule has 0 fully saturated rings. The summed E-state index contributed by atoms with van der Waals surface area (Å²) in [6.45, 7) is 2.92. The molecule has 29 heavy (non-hydrogen) atoms. The van der Waals surface area contributed by atoms with Gasteiger partial charge in [0.15, 0.2) is 5.78 Å². The number of ketones is 1. The number of rotatable bonds is 8. The van der Waals surface area contributed by atoms with Crippen LogP contribution in [-0.2, 0) is 13.2 Å². The lowest BCUT2D eigenvalue weighted by atomic mass is 10.1. The molecule has 5 nitrogen and oxygen atoms in total. The van der Waals surface area contributed by atoms with Crippen molar-refractivity contribution in [2.45, 2.75) is 20.1 Å². The van der Waals surface area contributed by atoms with Crippen molar-refractivity contribution in [3.63, 3.8) is 0 Å². The van der Waals surface area contributed by atoms with Crippen LogP contribution in [0.5, 0.6) is 11.5 Å². The van der Waals surface area contributed by atoms with E-state index in [4.69, 9.17) is 32.7 Å². The van der Waals surface area contributed by atoms with Crippen molar-refractivity contribution in [3.8, 4) is 11.5 Å². The number of nitrogens with zero attached hydrogens (tertiary/aromatic N) is 2. The number of hydrogen-bond acceptors (Lipinski definition) is 4. The maximum absolute atomic E-state index is 12.3. The Bertz CT molecular complexity index is 1040. The zero-order chi connectivity index (χ0) is 20.8. The summed E-state index contributed by atoms with van der Waals surface area (Å²) in [7, 11) is 1.59. The Morgan fingerprint density at radius 2 is 2.03 bits per heavy atom. The van der Waals surface area contributed by atoms with Crippen molar-refractivity contribution in [1.82, 2.24) is 9.78 Å². The molecule has 0 aliphatic carbocycles. The van der Waals surface area contributed by atoms with Crippen LogP contribution in [0.15, 0.2) is 54.9 Å². The van der Waals surface area contributed by atoms with Crippen molar-refractivity contribution < 1.29 is 14.3 Å². The standard InChI is InChI=1S/C22H20Cl2N2O3/c1-3-26-13-17(12-25-26)19(27)9-7-15-8-10-20(28-2)16(11-15)14-29-21-6-4-5-18(23)22(21)24/h4-13H,3,14H2,1-2H3/b9-7+. The number of methoxy groups -OCH3 is 1. The van der Waals surface area contributed by atoms with Gasteiger partial charge in [0, 0.05) is 18.3 Å². The third-order valence-electron chi connectivity index (χ3n) is 4.27. The van der Waals surface area contributed by atoms with Gasteiger partial charge in [0.2, 0.25) is 0 Å². The fourth-order valence-electron chi connectivity index (χ4n) is 2.70. The van der Waals surface area contributed by atoms with E-state index in [-0.39, 0.29) is 12.4 Å². The molecule has 0 spiro atoms. The molecular formula is C22H20Cl2N2O3. The van der Waals surface area contributed by atoms with Crippen LogP contribution in [0.3, 0.4) is 0 Å². The van der Waals surface area contributed by atoms with E-state index in [0.717, 1.165) is 17.7 Å². The maximum atomic E-state index is 12.3. The Balaban J connectivity index is 1.75. The highest BCUT2D eigenvalue weighted by atomic mass is 35.5. The Labute approximate surface area is 179 Å². The van der Waals surface area contributed by atoms with Gasteiger partial charge in [-0.2, -0.15) is 5.10 Å². The molecule has 7 heteroatoms. The third kappa shape index (κ3) is 5.19. The number of carbonyl (C=O) groups is 1. The highest BCUT2D eigenvalue weighted by Gasteiger charge is 2.09. The quantitative estimate of drug-likeness (QED) is 0.340. The molecule has 150 valence electrons. The molecule has 0 radical (unpaired) electrons. The maximum Gasteiger partial charge on any atom is 0.189 e. The van der Waals surface area contributed by atoms with Crippen LogP contribution in [0.1, 0.15) is 28.4 Å². The fourth-order valence-corrected chi connectivity index (χ4v) is 3.04. The van der Waals surface area contributed by atoms with Crippen LogP contribution in [-0.4, -0.2) is 22.7 Å². The second-order valence-electron chi connectivity index (χ2n) is 6.19. The molecule has 0 N–H and O–H groups in total. The fraction of sp³-hybridized carbons (Fsp3) is 0.182. The molecule has 0 unspecified atom stereocenters. The van der Waals surface area contributed by atoms with Gasteiger partial charge in [-0.15, -0.1) is 0 Å². The van der Waals surface area contributed by atoms with Crippen LogP contribution in [0, 0.1) is 0 Å². The predicted octanol–water partition coefficient (Wildman–Crippen LogP) is 5.69. The van der Waals surface area contributed by atoms with E-state index in [2.05, 4.69) is 5.10 Å². The molecule has 3 rings (SSSR count). The molecule has 0 amide bonds. The average molecular weight is 431 g/mol. The Morgan fingerprint density at radius 3 is 2.76 bits per heavy atom. The molecule has 2 aromatic carbocycles. The molecular weight excluding hydrogens is 411 g/mol. The average Bonchev–Trinajstić information content (AvgIpc) is 3.22. The van der Waals surface area contributed by atoms with Gasteiger partial charge in [-0.05, 0) is 42.8 Å². The minimum absolute atomic E-state index is 0.107. The third-order valence-corrected chi connectivity index (χ3v) is 5.07. The number of halogens is 2. The van der Waals surface area contributed by atoms with Crippen LogP contribution in [0.25, 0.3) is 6.08 Å². The van der Waals surface area contributed by atoms with Crippen molar-refractivity contribution >= 4 is 35.1 Å². The van der Waals surface area contributed by atoms with Gasteiger partial charge in [0.25, 0.3) is 0 Å². The number of ether oxygens (including phenoxy) is 2. The summed E-state index contributed by atoms with van der Waals surface area (Å²) in [5, 5.41) is 4.91. The van der Waals surface area contributed by atoms with E-state index in [1.54, 1.807) is 48.5 Å². The molecule has 1 aromatic heterocycles. The van der Waals surface area contributed by atoms with Crippen LogP contribution in [0.4, 0.5) is 0 Å². The highest BCUT2D eigenvalue weighted by molar-refractivity contribution is 6.42. The summed E-state index contributed by atoms with van der Waals surface area (Å²) in [6, 6.07) is 10.8. The lowest BCUT2D eigenvalue weighted by Crippen LogP contribution is -2.00. The van der Waals surface area contributed by atoms with Crippen molar-refractivity contribution in [1.29, 1.82) is 0 Å². The second-order valence-corrected chi connectivity index (χ2v) is 6.98. The molecule has 0 saturated heterocycles. The minimum Gasteiger partial charge on any atom is -0.496 e. The molecule has 3 aromatic rings. The molecule has 1 heterocycles. The summed E-state index contributed by atoms with van der Waals surface area (Å²) in [5.74, 6) is 1.06. The zero-order valence-corrected chi connectivity index (χ0v) is 17.6. The van der Waals surface area contributed by atoms with Crippen LogP contribution < -0.4 is 9.47 Å². The summed E-state index contributed by atoms with van der Waals surface area (Å²) in [6.07, 6.45) is 6.57. The number of allylic oxidation sites excluding steroid dienone is 1. The molecule has 0 saturated carbocycles. The van der Waals surface area contributed by atoms with Gasteiger partial charge >= 0.3 is 0 Å². The molecule has 0 aliphatic rings. The largest absolute Gasteiger partial charge is 0.496 e. The smallest absolute Gasteiger partial charge is 0.189 e. The summed E-state index contributed by atoms with van der Waals surface area (Å²) < 4.78 is 12.9. The van der Waals surface area contributed by atoms with Crippen molar-refractivity contribution in [2.75, 3.05) is 7.11 Å². The summed E-state index contributed by atoms with van der Waals surface area (Å²) in [4.78, 5) is 12.3. The van der Waals surface area contributed by atoms with Crippen molar-refractivity contribution in [2.24, 2.45) is 0 Å². The number of benzene rings is 2. The summed E-state index contributed by atoms with van der Waals surface area (Å²) in [5.41, 5.74) is 2.21. The van der Waals surface area contributed by atoms with E-state index in [1.165, 1.54) is 6.08 Å². The first kappa shape index (κ1) is 21.0. The van der Waals surface area contributed by atoms with E-state index in [1.807, 2.05) is 25.1 Å². The first-order valence-corrected chi connectivity index (χ1v) is 9.76. The number of hydrogen-bond donors (Lipinski definition) is 0. The van der Waals surface area contributed by atoms with E-state index >= 15 is 0 Å². The van der Waals surface area contributed by atoms with Gasteiger partial charge < -0.3 is 9.47 Å². The van der Waals surface area contributed by atoms with E-state index < -0.39 is 0 Å². The SMILES string of the molecule is CCn1cc(C(=O)/C=C/c2ccc(OC)c(COc3cccc(Cl)c3Cl)c2)cn1. The minimum atomic E-state index is -0.107. The number of aryl methyl sites for hydroxylation is 1. The Kier molecular flexibility index (Phi) is 6.96. The molecule has 0 aliphatic heterocycles. The van der Waals surface area contributed by atoms with Crippen LogP contribution in [0.2, 0.25) is 10.0 Å². The second kappa shape index (κ2) is 9.63. The van der Waals surface area contributed by atoms with Gasteiger partial charge in [0.1, 0.15) is 23.1 Å². The normalized spacial score (nSPS) is 11.0. The first-order chi connectivity index (χ1) is 14.0. The first-order valence-electron chi connectivity index (χ1n) is 9.00. The zero-order valence-electron chi connectivity index (χ0n) is 16.1. The molecule has 0 atom stereocenters. The lowest BCUT2D eigenvalue weighted by Gasteiger charge is -2.12. The molecule has 0 bridgehead atoms. The number of aromatic nitrogens is 2. The van der Waals surface area contributed by atoms with Crippen LogP contribution >= 0.6 is 23.2 Å². The summed E-state index contributed by atoms with van der Waals surface area (Å²) >= 11 is 12.2. The lowest BCUT2D eigenvalue weighted by molar-refractivity contribution is 0.104. The van der Waals surface area contributed by atoms with Gasteiger partial charge in [0.05, 0.1) is 23.9 Å². The van der Waals surface area contributed by atoms with Gasteiger partial charge in [-0.3, -0.25) is 9.48 Å².